The van der Waals surface area contributed by atoms with E-state index < -0.39 is 22.8 Å². The van der Waals surface area contributed by atoms with Gasteiger partial charge in [0, 0.05) is 0 Å². The summed E-state index contributed by atoms with van der Waals surface area (Å²) < 4.78 is 0. The molecule has 0 unspecified atom stereocenters. The Hall–Kier alpha value is -0.990. The topological polar surface area (TPSA) is 51.2 Å². The molecule has 0 amide bonds. The Balaban J connectivity index is 4.99. The maximum Gasteiger partial charge on any atom is 0.150 e. The minimum Gasteiger partial charge on any atom is -0.298 e. The van der Waals surface area contributed by atoms with E-state index in [1.807, 2.05) is 0 Å². The highest BCUT2D eigenvalue weighted by Crippen LogP contribution is 2.19. The fraction of sp³-hybridized carbons (Fsp3) is 0.625. The van der Waals surface area contributed by atoms with Crippen molar-refractivity contribution >= 4 is 17.3 Å². The lowest BCUT2D eigenvalue weighted by atomic mass is 9.79. The third-order valence-corrected chi connectivity index (χ3v) is 2.11. The van der Waals surface area contributed by atoms with E-state index in [1.54, 1.807) is 0 Å². The lowest BCUT2D eigenvalue weighted by Gasteiger charge is -2.18. The molecule has 0 aromatic rings. The van der Waals surface area contributed by atoms with Crippen LogP contribution in [0.5, 0.6) is 0 Å². The molecule has 0 fully saturated rings. The van der Waals surface area contributed by atoms with Crippen molar-refractivity contribution in [3.8, 4) is 0 Å². The van der Waals surface area contributed by atoms with Gasteiger partial charge in [0.25, 0.3) is 0 Å². The molecular formula is C8H12O3. The van der Waals surface area contributed by atoms with Crippen molar-refractivity contribution in [2.75, 3.05) is 0 Å². The molecule has 0 aliphatic heterocycles. The number of carbonyl (C=O) groups excluding carboxylic acids is 3. The van der Waals surface area contributed by atoms with Gasteiger partial charge in [0.2, 0.25) is 0 Å². The Bertz CT molecular complexity index is 179. The van der Waals surface area contributed by atoms with Crippen molar-refractivity contribution in [1.82, 2.24) is 0 Å². The van der Waals surface area contributed by atoms with Crippen LogP contribution in [0.1, 0.15) is 27.7 Å². The second kappa shape index (κ2) is 2.95. The van der Waals surface area contributed by atoms with Crippen molar-refractivity contribution in [3.63, 3.8) is 0 Å². The molecule has 0 aliphatic rings. The van der Waals surface area contributed by atoms with Crippen LogP contribution in [0.2, 0.25) is 0 Å². The van der Waals surface area contributed by atoms with Crippen LogP contribution < -0.4 is 0 Å². The summed E-state index contributed by atoms with van der Waals surface area (Å²) >= 11 is 0. The number of hydrogen-bond donors (Lipinski definition) is 0. The van der Waals surface area contributed by atoms with Crippen molar-refractivity contribution in [1.29, 1.82) is 0 Å². The minimum atomic E-state index is -1.42. The smallest absolute Gasteiger partial charge is 0.150 e. The second-order valence-electron chi connectivity index (χ2n) is 2.79. The molecule has 0 spiro atoms. The van der Waals surface area contributed by atoms with Crippen LogP contribution in [0.3, 0.4) is 0 Å². The van der Waals surface area contributed by atoms with Crippen LogP contribution in [0.15, 0.2) is 0 Å². The summed E-state index contributed by atoms with van der Waals surface area (Å²) in [6.07, 6.45) is 0. The van der Waals surface area contributed by atoms with Crippen LogP contribution >= 0.6 is 0 Å². The predicted molar refractivity (Wildman–Crippen MR) is 40.2 cm³/mol. The molecule has 0 aliphatic carbocycles. The molecule has 0 rings (SSSR count). The zero-order valence-electron chi connectivity index (χ0n) is 7.22. The molecule has 0 radical (unpaired) electrons. The van der Waals surface area contributed by atoms with Gasteiger partial charge in [-0.3, -0.25) is 14.4 Å². The van der Waals surface area contributed by atoms with Gasteiger partial charge in [0.15, 0.2) is 17.3 Å². The van der Waals surface area contributed by atoms with Gasteiger partial charge in [-0.05, 0) is 27.7 Å². The summed E-state index contributed by atoms with van der Waals surface area (Å²) in [5.74, 6) is -1.17. The first kappa shape index (κ1) is 10.0. The quantitative estimate of drug-likeness (QED) is 0.567. The van der Waals surface area contributed by atoms with Gasteiger partial charge in [-0.25, -0.2) is 0 Å². The van der Waals surface area contributed by atoms with E-state index in [0.717, 1.165) is 0 Å². The van der Waals surface area contributed by atoms with Crippen molar-refractivity contribution in [2.24, 2.45) is 5.41 Å². The standard InChI is InChI=1S/C8H12O3/c1-5(9)8(4,6(2)10)7(3)11/h1-4H3. The third kappa shape index (κ3) is 1.53. The molecule has 0 saturated carbocycles. The van der Waals surface area contributed by atoms with Crippen molar-refractivity contribution in [2.45, 2.75) is 27.7 Å². The zero-order chi connectivity index (χ0) is 9.23. The molecule has 0 heterocycles. The average molecular weight is 156 g/mol. The number of carbonyl (C=O) groups is 3. The number of ketones is 3. The van der Waals surface area contributed by atoms with E-state index in [1.165, 1.54) is 27.7 Å². The fourth-order valence-corrected chi connectivity index (χ4v) is 0.744. The summed E-state index contributed by atoms with van der Waals surface area (Å²) in [5.41, 5.74) is -1.42. The Morgan fingerprint density at radius 1 is 0.818 bits per heavy atom. The molecular weight excluding hydrogens is 144 g/mol. The van der Waals surface area contributed by atoms with Gasteiger partial charge in [-0.15, -0.1) is 0 Å². The average Bonchev–Trinajstić information content (AvgIpc) is 1.84. The first-order valence-electron chi connectivity index (χ1n) is 3.36. The number of Topliss-reactive ketones (excluding diaryl/α,β-unsaturated/α-hetero) is 3. The highest BCUT2D eigenvalue weighted by Gasteiger charge is 2.39. The van der Waals surface area contributed by atoms with Crippen LogP contribution in [-0.2, 0) is 14.4 Å². The van der Waals surface area contributed by atoms with Gasteiger partial charge in [0.1, 0.15) is 5.41 Å². The predicted octanol–water partition coefficient (Wildman–Crippen LogP) is 0.760. The number of hydrogen-bond acceptors (Lipinski definition) is 3. The molecule has 11 heavy (non-hydrogen) atoms. The van der Waals surface area contributed by atoms with Gasteiger partial charge >= 0.3 is 0 Å². The van der Waals surface area contributed by atoms with Gasteiger partial charge < -0.3 is 0 Å². The Labute approximate surface area is 65.8 Å². The van der Waals surface area contributed by atoms with E-state index in [9.17, 15) is 14.4 Å². The van der Waals surface area contributed by atoms with E-state index in [0.29, 0.717) is 0 Å². The van der Waals surface area contributed by atoms with E-state index in [-0.39, 0.29) is 0 Å². The maximum absolute atomic E-state index is 10.9. The summed E-state index contributed by atoms with van der Waals surface area (Å²) in [6, 6.07) is 0. The molecule has 0 atom stereocenters. The molecule has 3 nitrogen and oxygen atoms in total. The van der Waals surface area contributed by atoms with Crippen LogP contribution in [0.25, 0.3) is 0 Å². The molecule has 3 heteroatoms. The third-order valence-electron chi connectivity index (χ3n) is 2.11. The number of rotatable bonds is 3. The molecule has 62 valence electrons. The first-order chi connectivity index (χ1) is 4.83. The molecule has 0 N–H and O–H groups in total. The summed E-state index contributed by atoms with van der Waals surface area (Å²) in [4.78, 5) is 32.7. The highest BCUT2D eigenvalue weighted by atomic mass is 16.2. The van der Waals surface area contributed by atoms with Crippen molar-refractivity contribution in [3.05, 3.63) is 0 Å². The second-order valence-corrected chi connectivity index (χ2v) is 2.79. The van der Waals surface area contributed by atoms with Crippen LogP contribution in [-0.4, -0.2) is 17.3 Å². The van der Waals surface area contributed by atoms with Crippen molar-refractivity contribution < 1.29 is 14.4 Å². The van der Waals surface area contributed by atoms with Crippen LogP contribution in [0, 0.1) is 5.41 Å². The SMILES string of the molecule is CC(=O)C(C)(C(C)=O)C(C)=O. The zero-order valence-corrected chi connectivity index (χ0v) is 7.22. The van der Waals surface area contributed by atoms with Gasteiger partial charge in [0.05, 0.1) is 0 Å². The fourth-order valence-electron chi connectivity index (χ4n) is 0.744. The van der Waals surface area contributed by atoms with E-state index in [4.69, 9.17) is 0 Å². The van der Waals surface area contributed by atoms with E-state index >= 15 is 0 Å². The van der Waals surface area contributed by atoms with E-state index in [2.05, 4.69) is 0 Å². The largest absolute Gasteiger partial charge is 0.298 e. The first-order valence-corrected chi connectivity index (χ1v) is 3.36. The maximum atomic E-state index is 10.9. The van der Waals surface area contributed by atoms with Crippen LogP contribution in [0.4, 0.5) is 0 Å². The molecule has 0 aromatic heterocycles. The lowest BCUT2D eigenvalue weighted by molar-refractivity contribution is -0.145. The Morgan fingerprint density at radius 2 is 1.00 bits per heavy atom. The Kier molecular flexibility index (Phi) is 2.68. The summed E-state index contributed by atoms with van der Waals surface area (Å²) in [5, 5.41) is 0. The molecule has 0 saturated heterocycles. The van der Waals surface area contributed by atoms with Gasteiger partial charge in [-0.2, -0.15) is 0 Å². The molecule has 0 aromatic carbocycles. The lowest BCUT2D eigenvalue weighted by Crippen LogP contribution is -2.39. The summed E-state index contributed by atoms with van der Waals surface area (Å²) in [6.45, 7) is 5.12. The minimum absolute atomic E-state index is 0.391. The normalized spacial score (nSPS) is 10.9. The Morgan fingerprint density at radius 3 is 1.00 bits per heavy atom. The summed E-state index contributed by atoms with van der Waals surface area (Å²) in [7, 11) is 0. The molecule has 0 bridgehead atoms. The van der Waals surface area contributed by atoms with Gasteiger partial charge in [-0.1, -0.05) is 0 Å². The monoisotopic (exact) mass is 156 g/mol. The highest BCUT2D eigenvalue weighted by molar-refractivity contribution is 6.22.